The summed E-state index contributed by atoms with van der Waals surface area (Å²) in [6.07, 6.45) is 17.3. The molecule has 0 aromatic carbocycles. The fourth-order valence-electron chi connectivity index (χ4n) is 2.02. The molecule has 0 aromatic heterocycles. The van der Waals surface area contributed by atoms with Gasteiger partial charge in [0, 0.05) is 6.42 Å². The highest BCUT2D eigenvalue weighted by atomic mass is 16.5. The Hall–Kier alpha value is -1.24. The van der Waals surface area contributed by atoms with E-state index in [9.17, 15) is 0 Å². The van der Waals surface area contributed by atoms with E-state index in [2.05, 4.69) is 56.4 Å². The predicted octanol–water partition coefficient (Wildman–Crippen LogP) is 4.00. The molecule has 2 unspecified atom stereocenters. The van der Waals surface area contributed by atoms with Crippen molar-refractivity contribution >= 4 is 0 Å². The van der Waals surface area contributed by atoms with Gasteiger partial charge in [0.25, 0.3) is 0 Å². The van der Waals surface area contributed by atoms with Crippen LogP contribution in [0.1, 0.15) is 26.7 Å². The second kappa shape index (κ2) is 5.20. The second-order valence-electron chi connectivity index (χ2n) is 4.81. The number of rotatable bonds is 3. The first-order valence-corrected chi connectivity index (χ1v) is 6.14. The van der Waals surface area contributed by atoms with E-state index < -0.39 is 0 Å². The third-order valence-electron chi connectivity index (χ3n) is 3.18. The summed E-state index contributed by atoms with van der Waals surface area (Å²) in [6.45, 7) is 4.53. The minimum absolute atomic E-state index is 0.219. The molecule has 0 heterocycles. The Balaban J connectivity index is 1.87. The molecule has 86 valence electrons. The lowest BCUT2D eigenvalue weighted by molar-refractivity contribution is 0.163. The van der Waals surface area contributed by atoms with Gasteiger partial charge in [0.15, 0.2) is 0 Å². The van der Waals surface area contributed by atoms with Gasteiger partial charge < -0.3 is 4.74 Å². The molecular weight excluding hydrogens is 196 g/mol. The van der Waals surface area contributed by atoms with Crippen LogP contribution in [0.25, 0.3) is 0 Å². The van der Waals surface area contributed by atoms with Gasteiger partial charge in [-0.05, 0) is 36.5 Å². The number of allylic oxidation sites excluding steroid dienone is 5. The van der Waals surface area contributed by atoms with Crippen molar-refractivity contribution in [3.8, 4) is 0 Å². The molecule has 0 N–H and O–H groups in total. The molecular formula is C15H20O. The molecule has 2 aliphatic carbocycles. The smallest absolute Gasteiger partial charge is 0.121 e. The molecule has 0 fully saturated rings. The molecule has 1 heteroatoms. The van der Waals surface area contributed by atoms with E-state index in [1.165, 1.54) is 0 Å². The van der Waals surface area contributed by atoms with Crippen LogP contribution >= 0.6 is 0 Å². The lowest BCUT2D eigenvalue weighted by Gasteiger charge is -2.22. The van der Waals surface area contributed by atoms with Crippen LogP contribution in [0.15, 0.2) is 48.3 Å². The molecule has 16 heavy (non-hydrogen) atoms. The second-order valence-corrected chi connectivity index (χ2v) is 4.81. The molecule has 2 aliphatic rings. The Bertz CT molecular complexity index is 344. The first kappa shape index (κ1) is 11.3. The topological polar surface area (TPSA) is 9.23 Å². The maximum Gasteiger partial charge on any atom is 0.121 e. The van der Waals surface area contributed by atoms with E-state index >= 15 is 0 Å². The Morgan fingerprint density at radius 1 is 1.19 bits per heavy atom. The molecule has 0 aliphatic heterocycles. The van der Waals surface area contributed by atoms with Crippen LogP contribution in [0.4, 0.5) is 0 Å². The zero-order valence-electron chi connectivity index (χ0n) is 10.1. The van der Waals surface area contributed by atoms with Crippen LogP contribution in [0.2, 0.25) is 0 Å². The molecule has 2 atom stereocenters. The predicted molar refractivity (Wildman–Crippen MR) is 67.9 cm³/mol. The zero-order chi connectivity index (χ0) is 11.4. The van der Waals surface area contributed by atoms with E-state index in [0.29, 0.717) is 11.8 Å². The van der Waals surface area contributed by atoms with Crippen molar-refractivity contribution in [2.75, 3.05) is 0 Å². The highest BCUT2D eigenvalue weighted by Gasteiger charge is 2.14. The fourth-order valence-corrected chi connectivity index (χ4v) is 2.02. The van der Waals surface area contributed by atoms with Crippen molar-refractivity contribution in [3.63, 3.8) is 0 Å². The van der Waals surface area contributed by atoms with Crippen LogP contribution in [-0.2, 0) is 4.74 Å². The largest absolute Gasteiger partial charge is 0.486 e. The van der Waals surface area contributed by atoms with Crippen molar-refractivity contribution in [2.24, 2.45) is 11.8 Å². The van der Waals surface area contributed by atoms with Gasteiger partial charge in [0.05, 0.1) is 0 Å². The van der Waals surface area contributed by atoms with Gasteiger partial charge in [-0.25, -0.2) is 0 Å². The highest BCUT2D eigenvalue weighted by molar-refractivity contribution is 5.21. The maximum absolute atomic E-state index is 5.90. The van der Waals surface area contributed by atoms with Crippen LogP contribution in [0, 0.1) is 11.8 Å². The Morgan fingerprint density at radius 3 is 2.62 bits per heavy atom. The minimum atomic E-state index is 0.219. The maximum atomic E-state index is 5.90. The van der Waals surface area contributed by atoms with Crippen LogP contribution < -0.4 is 0 Å². The fraction of sp³-hybridized carbons (Fsp3) is 0.467. The summed E-state index contributed by atoms with van der Waals surface area (Å²) in [5, 5.41) is 0. The van der Waals surface area contributed by atoms with Gasteiger partial charge in [-0.1, -0.05) is 38.2 Å². The summed E-state index contributed by atoms with van der Waals surface area (Å²) in [5.74, 6) is 2.42. The summed E-state index contributed by atoms with van der Waals surface area (Å²) in [4.78, 5) is 0. The average Bonchev–Trinajstić information content (AvgIpc) is 2.31. The Kier molecular flexibility index (Phi) is 3.66. The van der Waals surface area contributed by atoms with Crippen LogP contribution in [-0.4, -0.2) is 6.10 Å². The summed E-state index contributed by atoms with van der Waals surface area (Å²) in [5.41, 5.74) is 0. The summed E-state index contributed by atoms with van der Waals surface area (Å²) >= 11 is 0. The number of ether oxygens (including phenoxy) is 1. The van der Waals surface area contributed by atoms with Gasteiger partial charge in [-0.3, -0.25) is 0 Å². The number of hydrogen-bond donors (Lipinski definition) is 0. The van der Waals surface area contributed by atoms with E-state index in [-0.39, 0.29) is 6.10 Å². The Morgan fingerprint density at radius 2 is 2.06 bits per heavy atom. The lowest BCUT2D eigenvalue weighted by atomic mass is 9.89. The van der Waals surface area contributed by atoms with E-state index in [1.807, 2.05) is 0 Å². The quantitative estimate of drug-likeness (QED) is 0.692. The van der Waals surface area contributed by atoms with Gasteiger partial charge in [0.1, 0.15) is 11.9 Å². The van der Waals surface area contributed by atoms with Crippen molar-refractivity contribution in [2.45, 2.75) is 32.8 Å². The first-order chi connectivity index (χ1) is 7.75. The minimum Gasteiger partial charge on any atom is -0.486 e. The first-order valence-electron chi connectivity index (χ1n) is 6.14. The highest BCUT2D eigenvalue weighted by Crippen LogP contribution is 2.25. The molecule has 0 radical (unpaired) electrons. The van der Waals surface area contributed by atoms with Crippen LogP contribution in [0.3, 0.4) is 0 Å². The zero-order valence-corrected chi connectivity index (χ0v) is 10.1. The van der Waals surface area contributed by atoms with Crippen molar-refractivity contribution in [1.29, 1.82) is 0 Å². The van der Waals surface area contributed by atoms with Gasteiger partial charge in [-0.15, -0.1) is 0 Å². The standard InChI is InChI=1S/C15H20O/c1-12(2)13-8-10-15(11-9-13)16-14-6-4-3-5-7-14/h3-6,8,10-14H,7,9H2,1-2H3. The monoisotopic (exact) mass is 216 g/mol. The third-order valence-corrected chi connectivity index (χ3v) is 3.18. The van der Waals surface area contributed by atoms with Crippen LogP contribution in [0.5, 0.6) is 0 Å². The molecule has 0 bridgehead atoms. The lowest BCUT2D eigenvalue weighted by Crippen LogP contribution is -2.13. The van der Waals surface area contributed by atoms with E-state index in [0.717, 1.165) is 18.6 Å². The molecule has 0 spiro atoms. The third kappa shape index (κ3) is 2.88. The van der Waals surface area contributed by atoms with Crippen molar-refractivity contribution < 1.29 is 4.74 Å². The normalized spacial score (nSPS) is 28.3. The molecule has 0 aromatic rings. The van der Waals surface area contributed by atoms with Gasteiger partial charge in [0.2, 0.25) is 0 Å². The summed E-state index contributed by atoms with van der Waals surface area (Å²) in [7, 11) is 0. The molecule has 0 saturated carbocycles. The average molecular weight is 216 g/mol. The van der Waals surface area contributed by atoms with Crippen molar-refractivity contribution in [1.82, 2.24) is 0 Å². The summed E-state index contributed by atoms with van der Waals surface area (Å²) < 4.78 is 5.90. The molecule has 0 saturated heterocycles. The van der Waals surface area contributed by atoms with E-state index in [4.69, 9.17) is 4.74 Å². The van der Waals surface area contributed by atoms with E-state index in [1.54, 1.807) is 0 Å². The number of hydrogen-bond acceptors (Lipinski definition) is 1. The van der Waals surface area contributed by atoms with Gasteiger partial charge >= 0.3 is 0 Å². The summed E-state index contributed by atoms with van der Waals surface area (Å²) in [6, 6.07) is 0. The van der Waals surface area contributed by atoms with Crippen molar-refractivity contribution in [3.05, 3.63) is 48.3 Å². The molecule has 0 amide bonds. The molecule has 1 nitrogen and oxygen atoms in total. The Labute approximate surface area is 98.2 Å². The molecule has 2 rings (SSSR count). The van der Waals surface area contributed by atoms with Gasteiger partial charge in [-0.2, -0.15) is 0 Å². The SMILES string of the molecule is CC(C)C1C=CC(OC2C=CC=CC2)=CC1.